The van der Waals surface area contributed by atoms with Crippen molar-refractivity contribution in [1.29, 1.82) is 0 Å². The summed E-state index contributed by atoms with van der Waals surface area (Å²) in [6.07, 6.45) is 0. The first-order chi connectivity index (χ1) is 9.85. The minimum atomic E-state index is -2.63. The highest BCUT2D eigenvalue weighted by atomic mass is 16.5. The van der Waals surface area contributed by atoms with Crippen LogP contribution < -0.4 is 11.5 Å². The minimum absolute atomic E-state index is 0.419. The van der Waals surface area contributed by atoms with E-state index in [1.165, 1.54) is 0 Å². The Morgan fingerprint density at radius 2 is 1.50 bits per heavy atom. The van der Waals surface area contributed by atoms with Gasteiger partial charge < -0.3 is 20.5 Å². The molecule has 0 atom stereocenters. The van der Waals surface area contributed by atoms with Crippen LogP contribution in [0.25, 0.3) is 0 Å². The van der Waals surface area contributed by atoms with Gasteiger partial charge in [-0.05, 0) is 27.6 Å². The molecule has 6 heteroatoms. The molecule has 0 aliphatic rings. The Kier molecular flexibility index (Phi) is 1.74. The first-order valence-corrected chi connectivity index (χ1v) is 4.30. The second-order valence-electron chi connectivity index (χ2n) is 3.03. The van der Waals surface area contributed by atoms with E-state index in [1.807, 2.05) is 13.8 Å². The molecule has 4 N–H and O–H groups in total. The number of hydrogen-bond acceptors (Lipinski definition) is 6. The van der Waals surface area contributed by atoms with Crippen molar-refractivity contribution in [2.75, 3.05) is 11.5 Å². The van der Waals surface area contributed by atoms with Gasteiger partial charge in [0, 0.05) is 19.4 Å². The normalized spacial score (nSPS) is 16.9. The molecule has 0 radical (unpaired) electrons. The van der Waals surface area contributed by atoms with Crippen molar-refractivity contribution in [2.24, 2.45) is 0 Å². The van der Waals surface area contributed by atoms with Crippen LogP contribution in [-0.2, 0) is 0 Å². The molecular weight excluding hydrogens is 208 g/mol. The molecule has 0 aliphatic heterocycles. The summed E-state index contributed by atoms with van der Waals surface area (Å²) in [5, 5.41) is 6.75. The summed E-state index contributed by atoms with van der Waals surface area (Å²) in [5.74, 6) is -0.0568. The maximum Gasteiger partial charge on any atom is 0.225 e. The number of aryl methyl sites for hydroxylation is 2. The molecule has 0 aromatic carbocycles. The molecule has 16 heavy (non-hydrogen) atoms. The molecule has 2 aromatic rings. The maximum absolute atomic E-state index is 7.05. The van der Waals surface area contributed by atoms with E-state index in [9.17, 15) is 0 Å². The Hall–Kier alpha value is -1.98. The molecule has 2 rings (SSSR count). The first kappa shape index (κ1) is 5.93. The van der Waals surface area contributed by atoms with E-state index >= 15 is 0 Å². The van der Waals surface area contributed by atoms with Gasteiger partial charge in [-0.1, -0.05) is 10.3 Å². The quantitative estimate of drug-likeness (QED) is 0.714. The predicted octanol–water partition coefficient (Wildman–Crippen LogP) is 1.75. The number of nitrogens with zero attached hydrogens (tertiary/aromatic N) is 2. The van der Waals surface area contributed by atoms with Crippen molar-refractivity contribution in [1.82, 2.24) is 10.3 Å². The van der Waals surface area contributed by atoms with Crippen LogP contribution in [0, 0.1) is 27.6 Å². The van der Waals surface area contributed by atoms with Crippen LogP contribution in [0.1, 0.15) is 30.7 Å². The molecule has 2 aromatic heterocycles. The molecule has 0 amide bonds. The molecule has 2 heterocycles. The summed E-state index contributed by atoms with van der Waals surface area (Å²) in [5.41, 5.74) is 11.2. The van der Waals surface area contributed by atoms with Crippen molar-refractivity contribution < 1.29 is 17.3 Å². The highest BCUT2D eigenvalue weighted by Crippen LogP contribution is 2.12. The molecule has 0 saturated carbocycles. The highest BCUT2D eigenvalue weighted by molar-refractivity contribution is 5.36. The average Bonchev–Trinajstić information content (AvgIpc) is 2.87. The second-order valence-corrected chi connectivity index (χ2v) is 3.03. The molecule has 88 valence electrons. The standard InChI is InChI=1S/2C5H8N2O/c2*1-3-4(2)7-8-5(3)6/h2*6H2,1-2H3/i1D3,2D3;. The van der Waals surface area contributed by atoms with Gasteiger partial charge in [-0.3, -0.25) is 0 Å². The number of hydrogen-bond donors (Lipinski definition) is 2. The molecule has 0 aliphatic carbocycles. The van der Waals surface area contributed by atoms with Crippen LogP contribution in [0.4, 0.5) is 11.8 Å². The fourth-order valence-electron chi connectivity index (χ4n) is 0.736. The summed E-state index contributed by atoms with van der Waals surface area (Å²) in [7, 11) is 0. The molecule has 6 nitrogen and oxygen atoms in total. The molecule has 0 spiro atoms. The number of anilines is 2. The van der Waals surface area contributed by atoms with Gasteiger partial charge in [0.1, 0.15) is 0 Å². The van der Waals surface area contributed by atoms with E-state index in [2.05, 4.69) is 19.4 Å². The lowest BCUT2D eigenvalue weighted by Gasteiger charge is -1.80. The van der Waals surface area contributed by atoms with Gasteiger partial charge in [0.25, 0.3) is 0 Å². The zero-order valence-corrected chi connectivity index (χ0v) is 8.87. The van der Waals surface area contributed by atoms with Crippen molar-refractivity contribution in [3.05, 3.63) is 22.5 Å². The minimum Gasteiger partial charge on any atom is -0.367 e. The Bertz CT molecular complexity index is 623. The Morgan fingerprint density at radius 3 is 1.81 bits per heavy atom. The smallest absolute Gasteiger partial charge is 0.225 e. The van der Waals surface area contributed by atoms with E-state index in [-0.39, 0.29) is 0 Å². The van der Waals surface area contributed by atoms with Crippen LogP contribution in [0.15, 0.2) is 9.05 Å². The van der Waals surface area contributed by atoms with Gasteiger partial charge in [-0.15, -0.1) is 0 Å². The number of nitrogens with two attached hydrogens (primary N) is 2. The molecule has 0 unspecified atom stereocenters. The van der Waals surface area contributed by atoms with Crippen LogP contribution in [0.5, 0.6) is 0 Å². The largest absolute Gasteiger partial charge is 0.367 e. The lowest BCUT2D eigenvalue weighted by Crippen LogP contribution is -1.82. The van der Waals surface area contributed by atoms with Crippen molar-refractivity contribution in [2.45, 2.75) is 27.6 Å². The SMILES string of the molecule is Cc1noc(N)c1C.[2H]C([2H])([2H])c1noc(N)c1C([2H])([2H])[2H]. The second kappa shape index (κ2) is 4.69. The zero-order chi connectivity index (χ0) is 17.3. The summed E-state index contributed by atoms with van der Waals surface area (Å²) in [6, 6.07) is 0. The fraction of sp³-hybridized carbons (Fsp3) is 0.400. The number of nitrogen functional groups attached to an aromatic ring is 2. The lowest BCUT2D eigenvalue weighted by molar-refractivity contribution is 0.431. The predicted molar refractivity (Wildman–Crippen MR) is 60.8 cm³/mol. The zero-order valence-electron chi connectivity index (χ0n) is 14.9. The van der Waals surface area contributed by atoms with Gasteiger partial charge in [-0.2, -0.15) is 0 Å². The Morgan fingerprint density at radius 1 is 0.938 bits per heavy atom. The number of aromatic nitrogens is 2. The Labute approximate surface area is 102 Å². The first-order valence-electron chi connectivity index (χ1n) is 7.30. The van der Waals surface area contributed by atoms with Crippen LogP contribution in [0.3, 0.4) is 0 Å². The lowest BCUT2D eigenvalue weighted by atomic mass is 10.3. The summed E-state index contributed by atoms with van der Waals surface area (Å²) >= 11 is 0. The van der Waals surface area contributed by atoms with Crippen LogP contribution in [-0.4, -0.2) is 10.3 Å². The maximum atomic E-state index is 7.05. The topological polar surface area (TPSA) is 104 Å². The molecular formula is C10H16N4O2. The van der Waals surface area contributed by atoms with Crippen molar-refractivity contribution in [3.8, 4) is 0 Å². The van der Waals surface area contributed by atoms with E-state index < -0.39 is 30.8 Å². The third-order valence-electron chi connectivity index (χ3n) is 1.91. The summed E-state index contributed by atoms with van der Waals surface area (Å²) in [4.78, 5) is 0. The van der Waals surface area contributed by atoms with E-state index in [1.54, 1.807) is 0 Å². The third kappa shape index (κ3) is 2.53. The summed E-state index contributed by atoms with van der Waals surface area (Å²) in [6.45, 7) is -1.53. The van der Waals surface area contributed by atoms with E-state index in [0.29, 0.717) is 5.88 Å². The summed E-state index contributed by atoms with van der Waals surface area (Å²) < 4.78 is 51.2. The third-order valence-corrected chi connectivity index (χ3v) is 1.91. The van der Waals surface area contributed by atoms with Gasteiger partial charge in [0.2, 0.25) is 11.8 Å². The van der Waals surface area contributed by atoms with Crippen molar-refractivity contribution >= 4 is 11.8 Å². The van der Waals surface area contributed by atoms with Crippen LogP contribution in [0.2, 0.25) is 0 Å². The van der Waals surface area contributed by atoms with Gasteiger partial charge in [0.15, 0.2) is 0 Å². The molecule has 0 fully saturated rings. The van der Waals surface area contributed by atoms with Gasteiger partial charge in [0.05, 0.1) is 11.4 Å². The number of rotatable bonds is 0. The van der Waals surface area contributed by atoms with E-state index in [4.69, 9.17) is 19.7 Å². The van der Waals surface area contributed by atoms with Gasteiger partial charge >= 0.3 is 0 Å². The average molecular weight is 230 g/mol. The highest BCUT2D eigenvalue weighted by Gasteiger charge is 2.01. The van der Waals surface area contributed by atoms with Crippen LogP contribution >= 0.6 is 0 Å². The fourth-order valence-corrected chi connectivity index (χ4v) is 0.736. The van der Waals surface area contributed by atoms with Gasteiger partial charge in [-0.25, -0.2) is 0 Å². The Balaban J connectivity index is 0.000000255. The monoisotopic (exact) mass is 230 g/mol. The molecule has 0 saturated heterocycles. The molecule has 0 bridgehead atoms. The van der Waals surface area contributed by atoms with Crippen molar-refractivity contribution in [3.63, 3.8) is 0 Å². The van der Waals surface area contributed by atoms with E-state index in [0.717, 1.165) is 11.3 Å².